The Hall–Kier alpha value is -1.23. The molecule has 1 rings (SSSR count). The molecule has 4 nitrogen and oxygen atoms in total. The molecule has 1 heterocycles. The lowest BCUT2D eigenvalue weighted by molar-refractivity contribution is -0.141. The summed E-state index contributed by atoms with van der Waals surface area (Å²) >= 11 is 4.29. The van der Waals surface area contributed by atoms with E-state index in [1.54, 1.807) is 18.3 Å². The molecular formula is C11H16N2O2S. The molecule has 3 N–H and O–H groups in total. The van der Waals surface area contributed by atoms with Crippen molar-refractivity contribution in [3.05, 3.63) is 23.9 Å². The van der Waals surface area contributed by atoms with Crippen molar-refractivity contribution in [3.8, 4) is 0 Å². The fraction of sp³-hybridized carbons (Fsp3) is 0.455. The van der Waals surface area contributed by atoms with Crippen LogP contribution in [0.3, 0.4) is 0 Å². The summed E-state index contributed by atoms with van der Waals surface area (Å²) in [7, 11) is 0. The normalized spacial score (nSPS) is 14.4. The summed E-state index contributed by atoms with van der Waals surface area (Å²) in [4.78, 5) is 15.0. The summed E-state index contributed by atoms with van der Waals surface area (Å²) < 4.78 is 0. The number of hydrogen-bond acceptors (Lipinski definition) is 4. The maximum atomic E-state index is 11.1. The van der Waals surface area contributed by atoms with Crippen molar-refractivity contribution >= 4 is 24.4 Å². The van der Waals surface area contributed by atoms with Crippen LogP contribution in [0.4, 0.5) is 5.82 Å². The Balaban J connectivity index is 2.75. The highest BCUT2D eigenvalue weighted by atomic mass is 32.1. The second kappa shape index (κ2) is 5.75. The summed E-state index contributed by atoms with van der Waals surface area (Å²) in [5, 5.41) is 8.95. The lowest BCUT2D eigenvalue weighted by atomic mass is 9.95. The number of pyridine rings is 1. The number of hydrogen-bond donors (Lipinski definition) is 3. The SMILES string of the molecule is CCC(S)C(Cc1ccc(N)nc1)C(=O)O. The van der Waals surface area contributed by atoms with Crippen LogP contribution >= 0.6 is 12.6 Å². The van der Waals surface area contributed by atoms with Gasteiger partial charge in [-0.15, -0.1) is 0 Å². The van der Waals surface area contributed by atoms with Gasteiger partial charge in [-0.25, -0.2) is 4.98 Å². The first-order valence-electron chi connectivity index (χ1n) is 5.15. The summed E-state index contributed by atoms with van der Waals surface area (Å²) in [6.45, 7) is 1.93. The highest BCUT2D eigenvalue weighted by Crippen LogP contribution is 2.19. The van der Waals surface area contributed by atoms with Crippen LogP contribution < -0.4 is 5.73 Å². The second-order valence-corrected chi connectivity index (χ2v) is 4.38. The van der Waals surface area contributed by atoms with Gasteiger partial charge in [0.15, 0.2) is 0 Å². The molecule has 2 unspecified atom stereocenters. The molecule has 0 saturated carbocycles. The summed E-state index contributed by atoms with van der Waals surface area (Å²) in [6, 6.07) is 3.47. The van der Waals surface area contributed by atoms with Crippen LogP contribution in [0.5, 0.6) is 0 Å². The van der Waals surface area contributed by atoms with Gasteiger partial charge in [0.25, 0.3) is 0 Å². The number of carboxylic acids is 1. The molecule has 0 radical (unpaired) electrons. The first-order valence-corrected chi connectivity index (χ1v) is 5.67. The van der Waals surface area contributed by atoms with Crippen LogP contribution in [0.25, 0.3) is 0 Å². The van der Waals surface area contributed by atoms with Crippen LogP contribution in [0.2, 0.25) is 0 Å². The molecule has 5 heteroatoms. The monoisotopic (exact) mass is 240 g/mol. The summed E-state index contributed by atoms with van der Waals surface area (Å²) in [5.74, 6) is -0.869. The van der Waals surface area contributed by atoms with E-state index in [4.69, 9.17) is 10.8 Å². The number of rotatable bonds is 5. The second-order valence-electron chi connectivity index (χ2n) is 3.72. The number of aliphatic carboxylic acids is 1. The Morgan fingerprint density at radius 3 is 2.75 bits per heavy atom. The first-order chi connectivity index (χ1) is 7.54. The van der Waals surface area contributed by atoms with Gasteiger partial charge >= 0.3 is 5.97 Å². The highest BCUT2D eigenvalue weighted by molar-refractivity contribution is 7.81. The molecule has 0 bridgehead atoms. The van der Waals surface area contributed by atoms with E-state index in [0.717, 1.165) is 12.0 Å². The van der Waals surface area contributed by atoms with Crippen molar-refractivity contribution in [3.63, 3.8) is 0 Å². The van der Waals surface area contributed by atoms with Crippen molar-refractivity contribution in [2.75, 3.05) is 5.73 Å². The topological polar surface area (TPSA) is 76.2 Å². The predicted octanol–water partition coefficient (Wildman–Crippen LogP) is 1.62. The van der Waals surface area contributed by atoms with Gasteiger partial charge in [0.1, 0.15) is 5.82 Å². The summed E-state index contributed by atoms with van der Waals surface area (Å²) in [5.41, 5.74) is 6.33. The van der Waals surface area contributed by atoms with E-state index in [2.05, 4.69) is 17.6 Å². The van der Waals surface area contributed by atoms with E-state index in [9.17, 15) is 4.79 Å². The average Bonchev–Trinajstić information content (AvgIpc) is 2.27. The predicted molar refractivity (Wildman–Crippen MR) is 66.5 cm³/mol. The number of nitrogens with two attached hydrogens (primary N) is 1. The molecule has 0 aliphatic carbocycles. The van der Waals surface area contributed by atoms with Crippen LogP contribution in [-0.4, -0.2) is 21.3 Å². The largest absolute Gasteiger partial charge is 0.481 e. The minimum Gasteiger partial charge on any atom is -0.481 e. The smallest absolute Gasteiger partial charge is 0.307 e. The molecule has 0 fully saturated rings. The lowest BCUT2D eigenvalue weighted by Gasteiger charge is -2.17. The van der Waals surface area contributed by atoms with E-state index >= 15 is 0 Å². The van der Waals surface area contributed by atoms with Crippen LogP contribution in [0, 0.1) is 5.92 Å². The molecule has 2 atom stereocenters. The third-order valence-corrected chi connectivity index (χ3v) is 3.23. The zero-order valence-corrected chi connectivity index (χ0v) is 10.0. The van der Waals surface area contributed by atoms with Crippen molar-refractivity contribution in [1.29, 1.82) is 0 Å². The minimum atomic E-state index is -0.821. The third-order valence-electron chi connectivity index (χ3n) is 2.50. The van der Waals surface area contributed by atoms with E-state index in [1.165, 1.54) is 0 Å². The molecule has 0 aliphatic heterocycles. The van der Waals surface area contributed by atoms with Crippen molar-refractivity contribution in [2.45, 2.75) is 25.0 Å². The third kappa shape index (κ3) is 3.41. The van der Waals surface area contributed by atoms with Crippen LogP contribution in [0.15, 0.2) is 18.3 Å². The van der Waals surface area contributed by atoms with Crippen LogP contribution in [-0.2, 0) is 11.2 Å². The van der Waals surface area contributed by atoms with Gasteiger partial charge in [0.05, 0.1) is 5.92 Å². The Morgan fingerprint density at radius 2 is 2.31 bits per heavy atom. The van der Waals surface area contributed by atoms with E-state index < -0.39 is 11.9 Å². The first kappa shape index (κ1) is 12.8. The number of thiol groups is 1. The summed E-state index contributed by atoms with van der Waals surface area (Å²) in [6.07, 6.45) is 2.77. The van der Waals surface area contributed by atoms with Gasteiger partial charge in [0.2, 0.25) is 0 Å². The van der Waals surface area contributed by atoms with Gasteiger partial charge < -0.3 is 10.8 Å². The minimum absolute atomic E-state index is 0.143. The maximum absolute atomic E-state index is 11.1. The number of carboxylic acid groups (broad SMARTS) is 1. The average molecular weight is 240 g/mol. The van der Waals surface area contributed by atoms with Gasteiger partial charge in [-0.05, 0) is 24.5 Å². The maximum Gasteiger partial charge on any atom is 0.307 e. The van der Waals surface area contributed by atoms with Crippen molar-refractivity contribution in [1.82, 2.24) is 4.98 Å². The highest BCUT2D eigenvalue weighted by Gasteiger charge is 2.24. The van der Waals surface area contributed by atoms with Crippen LogP contribution in [0.1, 0.15) is 18.9 Å². The molecule has 88 valence electrons. The molecule has 0 amide bonds. The molecule has 0 aliphatic rings. The standard InChI is InChI=1S/C11H16N2O2S/c1-2-9(16)8(11(14)15)5-7-3-4-10(12)13-6-7/h3-4,6,8-9,16H,2,5H2,1H3,(H2,12,13)(H,14,15). The van der Waals surface area contributed by atoms with Gasteiger partial charge in [-0.2, -0.15) is 12.6 Å². The Labute approximate surface area is 100 Å². The van der Waals surface area contributed by atoms with Crippen molar-refractivity contribution < 1.29 is 9.90 Å². The van der Waals surface area contributed by atoms with Crippen molar-refractivity contribution in [2.24, 2.45) is 5.92 Å². The quantitative estimate of drug-likeness (QED) is 0.683. The number of aromatic nitrogens is 1. The Morgan fingerprint density at radius 1 is 1.62 bits per heavy atom. The zero-order chi connectivity index (χ0) is 12.1. The molecule has 1 aromatic rings. The lowest BCUT2D eigenvalue weighted by Crippen LogP contribution is -2.26. The number of carbonyl (C=O) groups is 1. The number of nitrogen functional groups attached to an aromatic ring is 1. The fourth-order valence-electron chi connectivity index (χ4n) is 1.48. The number of nitrogens with zero attached hydrogens (tertiary/aromatic N) is 1. The molecule has 16 heavy (non-hydrogen) atoms. The van der Waals surface area contributed by atoms with E-state index in [0.29, 0.717) is 12.2 Å². The van der Waals surface area contributed by atoms with Gasteiger partial charge in [-0.1, -0.05) is 13.0 Å². The molecule has 1 aromatic heterocycles. The Kier molecular flexibility index (Phi) is 4.61. The molecular weight excluding hydrogens is 224 g/mol. The molecule has 0 spiro atoms. The number of anilines is 1. The van der Waals surface area contributed by atoms with Gasteiger partial charge in [0, 0.05) is 11.4 Å². The van der Waals surface area contributed by atoms with E-state index in [1.807, 2.05) is 6.92 Å². The van der Waals surface area contributed by atoms with E-state index in [-0.39, 0.29) is 5.25 Å². The van der Waals surface area contributed by atoms with Gasteiger partial charge in [-0.3, -0.25) is 4.79 Å². The molecule has 0 aromatic carbocycles. The fourth-order valence-corrected chi connectivity index (χ4v) is 1.72. The molecule has 0 saturated heterocycles. The zero-order valence-electron chi connectivity index (χ0n) is 9.13. The Bertz CT molecular complexity index is 354.